The third-order valence-corrected chi connectivity index (χ3v) is 3.90. The molecular weight excluding hydrogens is 240 g/mol. The summed E-state index contributed by atoms with van der Waals surface area (Å²) in [4.78, 5) is 2.24. The highest BCUT2D eigenvalue weighted by atomic mass is 35.5. The third-order valence-electron chi connectivity index (χ3n) is 2.73. The lowest BCUT2D eigenvalue weighted by Crippen LogP contribution is -2.30. The third kappa shape index (κ3) is 3.30. The molecule has 1 aromatic carbocycles. The number of hydrogen-bond acceptors (Lipinski definition) is 3. The number of anilines is 1. The number of halogens is 1. The largest absolute Gasteiger partial charge is 0.371 e. The van der Waals surface area contributed by atoms with Crippen molar-refractivity contribution in [1.82, 2.24) is 0 Å². The number of rotatable bonds is 5. The van der Waals surface area contributed by atoms with Gasteiger partial charge in [0.2, 0.25) is 0 Å². The molecule has 0 bridgehead atoms. The van der Waals surface area contributed by atoms with Gasteiger partial charge in [0, 0.05) is 36.1 Å². The lowest BCUT2D eigenvalue weighted by Gasteiger charge is -2.27. The standard InChI is InChI=1S/C12H19ClN2S/c1-9(8-16-3)15(2)11-5-4-10(7-14)12(13)6-11/h4-6,9H,7-8,14H2,1-3H3. The molecule has 90 valence electrons. The van der Waals surface area contributed by atoms with Crippen molar-refractivity contribution >= 4 is 29.1 Å². The quantitative estimate of drug-likeness (QED) is 0.881. The normalized spacial score (nSPS) is 12.6. The number of hydrogen-bond donors (Lipinski definition) is 1. The summed E-state index contributed by atoms with van der Waals surface area (Å²) in [6.07, 6.45) is 2.12. The van der Waals surface area contributed by atoms with Gasteiger partial charge < -0.3 is 10.6 Å². The van der Waals surface area contributed by atoms with Crippen LogP contribution in [0.2, 0.25) is 5.02 Å². The molecule has 16 heavy (non-hydrogen) atoms. The highest BCUT2D eigenvalue weighted by Crippen LogP contribution is 2.24. The molecule has 0 heterocycles. The number of nitrogens with zero attached hydrogens (tertiary/aromatic N) is 1. The van der Waals surface area contributed by atoms with Crippen molar-refractivity contribution in [3.05, 3.63) is 28.8 Å². The van der Waals surface area contributed by atoms with E-state index in [0.717, 1.165) is 22.0 Å². The second-order valence-electron chi connectivity index (χ2n) is 3.90. The van der Waals surface area contributed by atoms with Crippen LogP contribution in [0.15, 0.2) is 18.2 Å². The summed E-state index contributed by atoms with van der Waals surface area (Å²) in [5, 5.41) is 0.753. The van der Waals surface area contributed by atoms with Crippen LogP contribution in [0, 0.1) is 0 Å². The average Bonchev–Trinajstić information content (AvgIpc) is 2.28. The van der Waals surface area contributed by atoms with Crippen LogP contribution in [-0.4, -0.2) is 25.1 Å². The first kappa shape index (κ1) is 13.7. The highest BCUT2D eigenvalue weighted by Gasteiger charge is 2.10. The topological polar surface area (TPSA) is 29.3 Å². The Morgan fingerprint density at radius 3 is 2.69 bits per heavy atom. The molecular formula is C12H19ClN2S. The Morgan fingerprint density at radius 2 is 2.19 bits per heavy atom. The fourth-order valence-electron chi connectivity index (χ4n) is 1.53. The highest BCUT2D eigenvalue weighted by molar-refractivity contribution is 7.98. The van der Waals surface area contributed by atoms with Gasteiger partial charge >= 0.3 is 0 Å². The first-order chi connectivity index (χ1) is 7.60. The van der Waals surface area contributed by atoms with E-state index < -0.39 is 0 Å². The van der Waals surface area contributed by atoms with E-state index in [2.05, 4.69) is 31.2 Å². The summed E-state index contributed by atoms with van der Waals surface area (Å²) in [5.74, 6) is 1.10. The second kappa shape index (κ2) is 6.38. The summed E-state index contributed by atoms with van der Waals surface area (Å²) < 4.78 is 0. The summed E-state index contributed by atoms with van der Waals surface area (Å²) in [5.41, 5.74) is 7.72. The van der Waals surface area contributed by atoms with Crippen molar-refractivity contribution in [3.63, 3.8) is 0 Å². The van der Waals surface area contributed by atoms with E-state index in [9.17, 15) is 0 Å². The van der Waals surface area contributed by atoms with E-state index in [1.54, 1.807) is 0 Å². The maximum absolute atomic E-state index is 6.14. The van der Waals surface area contributed by atoms with Crippen molar-refractivity contribution in [2.45, 2.75) is 19.5 Å². The van der Waals surface area contributed by atoms with Gasteiger partial charge in [-0.3, -0.25) is 0 Å². The smallest absolute Gasteiger partial charge is 0.0471 e. The van der Waals surface area contributed by atoms with Crippen molar-refractivity contribution < 1.29 is 0 Å². The lowest BCUT2D eigenvalue weighted by molar-refractivity contribution is 0.765. The van der Waals surface area contributed by atoms with Crippen LogP contribution < -0.4 is 10.6 Å². The fraction of sp³-hybridized carbons (Fsp3) is 0.500. The van der Waals surface area contributed by atoms with Crippen molar-refractivity contribution in [2.24, 2.45) is 5.73 Å². The molecule has 0 saturated carbocycles. The minimum absolute atomic E-state index is 0.489. The molecule has 0 aliphatic heterocycles. The zero-order valence-electron chi connectivity index (χ0n) is 10.0. The predicted octanol–water partition coefficient (Wildman–Crippen LogP) is 2.99. The first-order valence-electron chi connectivity index (χ1n) is 5.30. The Balaban J connectivity index is 2.84. The zero-order valence-corrected chi connectivity index (χ0v) is 11.6. The molecule has 1 aromatic rings. The summed E-state index contributed by atoms with van der Waals surface area (Å²) >= 11 is 7.99. The van der Waals surface area contributed by atoms with E-state index in [1.165, 1.54) is 0 Å². The van der Waals surface area contributed by atoms with Crippen LogP contribution in [-0.2, 0) is 6.54 Å². The van der Waals surface area contributed by atoms with Crippen LogP contribution in [0.25, 0.3) is 0 Å². The lowest BCUT2D eigenvalue weighted by atomic mass is 10.2. The van der Waals surface area contributed by atoms with Gasteiger partial charge in [0.25, 0.3) is 0 Å². The van der Waals surface area contributed by atoms with Gasteiger partial charge in [0.15, 0.2) is 0 Å². The minimum atomic E-state index is 0.489. The molecule has 0 saturated heterocycles. The number of thioether (sulfide) groups is 1. The van der Waals surface area contributed by atoms with Crippen LogP contribution in [0.5, 0.6) is 0 Å². The van der Waals surface area contributed by atoms with Crippen LogP contribution in [0.1, 0.15) is 12.5 Å². The number of benzene rings is 1. The maximum Gasteiger partial charge on any atom is 0.0471 e. The van der Waals surface area contributed by atoms with E-state index in [4.69, 9.17) is 17.3 Å². The Morgan fingerprint density at radius 1 is 1.50 bits per heavy atom. The van der Waals surface area contributed by atoms with E-state index >= 15 is 0 Å². The number of nitrogens with two attached hydrogens (primary N) is 1. The SMILES string of the molecule is CSCC(C)N(C)c1ccc(CN)c(Cl)c1. The summed E-state index contributed by atoms with van der Waals surface area (Å²) in [6.45, 7) is 2.70. The fourth-order valence-corrected chi connectivity index (χ4v) is 2.49. The Hall–Kier alpha value is -0.380. The van der Waals surface area contributed by atoms with Crippen LogP contribution in [0.3, 0.4) is 0 Å². The molecule has 0 radical (unpaired) electrons. The average molecular weight is 259 g/mol. The van der Waals surface area contributed by atoms with Gasteiger partial charge in [0.05, 0.1) is 0 Å². The van der Waals surface area contributed by atoms with Crippen LogP contribution in [0.4, 0.5) is 5.69 Å². The molecule has 2 N–H and O–H groups in total. The van der Waals surface area contributed by atoms with Crippen molar-refractivity contribution in [3.8, 4) is 0 Å². The molecule has 0 spiro atoms. The van der Waals surface area contributed by atoms with Gasteiger partial charge in [-0.15, -0.1) is 0 Å². The van der Waals surface area contributed by atoms with Gasteiger partial charge in [-0.05, 0) is 30.9 Å². The van der Waals surface area contributed by atoms with E-state index in [0.29, 0.717) is 12.6 Å². The molecule has 0 aliphatic rings. The molecule has 2 nitrogen and oxygen atoms in total. The van der Waals surface area contributed by atoms with E-state index in [-0.39, 0.29) is 0 Å². The molecule has 0 fully saturated rings. The first-order valence-corrected chi connectivity index (χ1v) is 7.07. The van der Waals surface area contributed by atoms with Gasteiger partial charge in [-0.2, -0.15) is 11.8 Å². The Labute approximate surface area is 107 Å². The van der Waals surface area contributed by atoms with Crippen molar-refractivity contribution in [2.75, 3.05) is 24.0 Å². The molecule has 4 heteroatoms. The molecule has 0 aromatic heterocycles. The monoisotopic (exact) mass is 258 g/mol. The Kier molecular flexibility index (Phi) is 5.46. The predicted molar refractivity (Wildman–Crippen MR) is 75.6 cm³/mol. The summed E-state index contributed by atoms with van der Waals surface area (Å²) in [7, 11) is 2.09. The van der Waals surface area contributed by atoms with Gasteiger partial charge in [0.1, 0.15) is 0 Å². The minimum Gasteiger partial charge on any atom is -0.371 e. The maximum atomic E-state index is 6.14. The molecule has 1 rings (SSSR count). The Bertz CT molecular complexity index is 344. The second-order valence-corrected chi connectivity index (χ2v) is 5.21. The van der Waals surface area contributed by atoms with Gasteiger partial charge in [-0.25, -0.2) is 0 Å². The van der Waals surface area contributed by atoms with Crippen molar-refractivity contribution in [1.29, 1.82) is 0 Å². The van der Waals surface area contributed by atoms with E-state index in [1.807, 2.05) is 23.9 Å². The summed E-state index contributed by atoms with van der Waals surface area (Å²) in [6, 6.07) is 6.56. The molecule has 0 aliphatic carbocycles. The van der Waals surface area contributed by atoms with Gasteiger partial charge in [-0.1, -0.05) is 17.7 Å². The van der Waals surface area contributed by atoms with Crippen LogP contribution >= 0.6 is 23.4 Å². The molecule has 0 amide bonds. The molecule has 1 unspecified atom stereocenters. The molecule has 1 atom stereocenters. The zero-order chi connectivity index (χ0) is 12.1.